The summed E-state index contributed by atoms with van der Waals surface area (Å²) in [5, 5.41) is 8.97. The van der Waals surface area contributed by atoms with Crippen molar-refractivity contribution in [3.8, 4) is 0 Å². The molecule has 2 saturated heterocycles. The number of carbonyl (C=O) groups excluding carboxylic acids is 1. The molecular weight excluding hydrogens is 291 g/mol. The Morgan fingerprint density at radius 2 is 1.91 bits per heavy atom. The molecule has 0 radical (unpaired) electrons. The van der Waals surface area contributed by atoms with Crippen molar-refractivity contribution in [2.75, 3.05) is 19.6 Å². The molecule has 0 atom stereocenters. The zero-order chi connectivity index (χ0) is 15.7. The maximum absolute atomic E-state index is 12.9. The summed E-state index contributed by atoms with van der Waals surface area (Å²) in [5.74, 6) is -0.315. The Labute approximate surface area is 127 Å². The van der Waals surface area contributed by atoms with Crippen LogP contribution in [0.25, 0.3) is 0 Å². The molecule has 2 heterocycles. The summed E-state index contributed by atoms with van der Waals surface area (Å²) < 4.78 is 18.4. The second-order valence-electron chi connectivity index (χ2n) is 5.80. The molecule has 1 spiro atoms. The third kappa shape index (κ3) is 2.84. The molecule has 22 heavy (non-hydrogen) atoms. The lowest BCUT2D eigenvalue weighted by molar-refractivity contribution is 0.00431. The van der Waals surface area contributed by atoms with Crippen molar-refractivity contribution in [2.45, 2.75) is 25.0 Å². The third-order valence-electron chi connectivity index (χ3n) is 4.27. The fourth-order valence-corrected chi connectivity index (χ4v) is 2.99. The van der Waals surface area contributed by atoms with Gasteiger partial charge in [0.2, 0.25) is 0 Å². The second kappa shape index (κ2) is 5.47. The van der Waals surface area contributed by atoms with E-state index in [1.165, 1.54) is 17.0 Å². The topological polar surface area (TPSA) is 70.1 Å². The molecule has 2 aliphatic heterocycles. The van der Waals surface area contributed by atoms with Gasteiger partial charge in [-0.1, -0.05) is 12.1 Å². The van der Waals surface area contributed by atoms with Gasteiger partial charge < -0.3 is 14.7 Å². The SMILES string of the molecule is O=C(O)N1CCC2(CC1)CN(Cc1ccc(F)cc1)C(=O)O2. The van der Waals surface area contributed by atoms with Gasteiger partial charge in [-0.3, -0.25) is 4.90 Å². The van der Waals surface area contributed by atoms with Crippen LogP contribution in [0, 0.1) is 5.82 Å². The minimum Gasteiger partial charge on any atom is -0.465 e. The Balaban J connectivity index is 1.63. The molecule has 1 N–H and O–H groups in total. The minimum absolute atomic E-state index is 0.315. The Morgan fingerprint density at radius 3 is 2.50 bits per heavy atom. The van der Waals surface area contributed by atoms with Gasteiger partial charge in [0.25, 0.3) is 0 Å². The van der Waals surface area contributed by atoms with Crippen molar-refractivity contribution >= 4 is 12.2 Å². The Kier molecular flexibility index (Phi) is 3.64. The summed E-state index contributed by atoms with van der Waals surface area (Å²) in [6, 6.07) is 6.00. The second-order valence-corrected chi connectivity index (χ2v) is 5.80. The molecule has 118 valence electrons. The predicted octanol–water partition coefficient (Wildman–Crippen LogP) is 2.29. The number of amides is 2. The molecule has 2 aliphatic rings. The molecule has 0 aromatic heterocycles. The number of halogens is 1. The third-order valence-corrected chi connectivity index (χ3v) is 4.27. The molecule has 2 fully saturated rings. The number of benzene rings is 1. The number of ether oxygens (including phenoxy) is 1. The lowest BCUT2D eigenvalue weighted by atomic mass is 9.91. The van der Waals surface area contributed by atoms with Gasteiger partial charge >= 0.3 is 12.2 Å². The number of carboxylic acid groups (broad SMARTS) is 1. The number of likely N-dealkylation sites (tertiary alicyclic amines) is 1. The van der Waals surface area contributed by atoms with Gasteiger partial charge in [0.15, 0.2) is 0 Å². The summed E-state index contributed by atoms with van der Waals surface area (Å²) in [6.07, 6.45) is -0.328. The van der Waals surface area contributed by atoms with Crippen LogP contribution in [0.3, 0.4) is 0 Å². The van der Waals surface area contributed by atoms with Gasteiger partial charge in [-0.15, -0.1) is 0 Å². The van der Waals surface area contributed by atoms with Gasteiger partial charge in [0.1, 0.15) is 11.4 Å². The summed E-state index contributed by atoms with van der Waals surface area (Å²) in [4.78, 5) is 25.9. The van der Waals surface area contributed by atoms with Crippen molar-refractivity contribution in [3.05, 3.63) is 35.6 Å². The first-order valence-corrected chi connectivity index (χ1v) is 7.18. The number of nitrogens with zero attached hydrogens (tertiary/aromatic N) is 2. The number of piperidine rings is 1. The first kappa shape index (κ1) is 14.6. The molecule has 0 unspecified atom stereocenters. The molecule has 0 saturated carbocycles. The van der Waals surface area contributed by atoms with E-state index in [-0.39, 0.29) is 5.82 Å². The zero-order valence-electron chi connectivity index (χ0n) is 12.0. The Hall–Kier alpha value is -2.31. The molecule has 0 bridgehead atoms. The molecule has 2 amide bonds. The van der Waals surface area contributed by atoms with E-state index in [1.807, 2.05) is 0 Å². The highest BCUT2D eigenvalue weighted by Crippen LogP contribution is 2.33. The van der Waals surface area contributed by atoms with Gasteiger partial charge in [-0.25, -0.2) is 14.0 Å². The van der Waals surface area contributed by atoms with Crippen molar-refractivity contribution in [3.63, 3.8) is 0 Å². The van der Waals surface area contributed by atoms with Crippen LogP contribution in [0.2, 0.25) is 0 Å². The molecule has 3 rings (SSSR count). The smallest absolute Gasteiger partial charge is 0.410 e. The van der Waals surface area contributed by atoms with E-state index in [1.54, 1.807) is 17.0 Å². The summed E-state index contributed by atoms with van der Waals surface area (Å²) >= 11 is 0. The number of hydrogen-bond acceptors (Lipinski definition) is 3. The highest BCUT2D eigenvalue weighted by molar-refractivity contribution is 5.71. The van der Waals surface area contributed by atoms with Crippen LogP contribution in [-0.2, 0) is 11.3 Å². The van der Waals surface area contributed by atoms with Gasteiger partial charge in [-0.05, 0) is 17.7 Å². The van der Waals surface area contributed by atoms with Gasteiger partial charge in [-0.2, -0.15) is 0 Å². The van der Waals surface area contributed by atoms with E-state index in [4.69, 9.17) is 9.84 Å². The van der Waals surface area contributed by atoms with Crippen molar-refractivity contribution in [1.29, 1.82) is 0 Å². The quantitative estimate of drug-likeness (QED) is 0.910. The van der Waals surface area contributed by atoms with Crippen molar-refractivity contribution in [2.24, 2.45) is 0 Å². The summed E-state index contributed by atoms with van der Waals surface area (Å²) in [5.41, 5.74) is 0.238. The number of carbonyl (C=O) groups is 2. The van der Waals surface area contributed by atoms with Crippen LogP contribution in [0.15, 0.2) is 24.3 Å². The van der Waals surface area contributed by atoms with Crippen LogP contribution in [0.4, 0.5) is 14.0 Å². The van der Waals surface area contributed by atoms with Crippen LogP contribution in [-0.4, -0.2) is 52.3 Å². The van der Waals surface area contributed by atoms with E-state index in [2.05, 4.69) is 0 Å². The van der Waals surface area contributed by atoms with Crippen molar-refractivity contribution < 1.29 is 23.8 Å². The fourth-order valence-electron chi connectivity index (χ4n) is 2.99. The first-order valence-electron chi connectivity index (χ1n) is 7.18. The molecule has 1 aromatic rings. The maximum Gasteiger partial charge on any atom is 0.410 e. The molecule has 6 nitrogen and oxygen atoms in total. The van der Waals surface area contributed by atoms with Crippen LogP contribution in [0.5, 0.6) is 0 Å². The average molecular weight is 308 g/mol. The van der Waals surface area contributed by atoms with Gasteiger partial charge in [0.05, 0.1) is 6.54 Å². The standard InChI is InChI=1S/C15H17FN2O4/c16-12-3-1-11(2-4-12)9-18-10-15(22-14(18)21)5-7-17(8-6-15)13(19)20/h1-4H,5-10H2,(H,19,20). The normalized spacial score (nSPS) is 20.3. The Morgan fingerprint density at radius 1 is 1.27 bits per heavy atom. The fraction of sp³-hybridized carbons (Fsp3) is 0.467. The molecule has 0 aliphatic carbocycles. The largest absolute Gasteiger partial charge is 0.465 e. The average Bonchev–Trinajstić information content (AvgIpc) is 2.77. The highest BCUT2D eigenvalue weighted by atomic mass is 19.1. The van der Waals surface area contributed by atoms with E-state index in [0.717, 1.165) is 5.56 Å². The lowest BCUT2D eigenvalue weighted by Gasteiger charge is -2.36. The monoisotopic (exact) mass is 308 g/mol. The summed E-state index contributed by atoms with van der Waals surface area (Å²) in [7, 11) is 0. The van der Waals surface area contributed by atoms with E-state index in [0.29, 0.717) is 39.0 Å². The van der Waals surface area contributed by atoms with Crippen molar-refractivity contribution in [1.82, 2.24) is 9.80 Å². The zero-order valence-corrected chi connectivity index (χ0v) is 12.0. The number of hydrogen-bond donors (Lipinski definition) is 1. The van der Waals surface area contributed by atoms with Crippen LogP contribution < -0.4 is 0 Å². The van der Waals surface area contributed by atoms with E-state index < -0.39 is 17.8 Å². The molecule has 7 heteroatoms. The predicted molar refractivity (Wildman–Crippen MR) is 74.9 cm³/mol. The maximum atomic E-state index is 12.9. The Bertz CT molecular complexity index is 582. The molecule has 1 aromatic carbocycles. The molecular formula is C15H17FN2O4. The van der Waals surface area contributed by atoms with Crippen LogP contribution >= 0.6 is 0 Å². The van der Waals surface area contributed by atoms with E-state index >= 15 is 0 Å². The first-order chi connectivity index (χ1) is 10.5. The lowest BCUT2D eigenvalue weighted by Crippen LogP contribution is -2.48. The minimum atomic E-state index is -0.942. The van der Waals surface area contributed by atoms with Gasteiger partial charge in [0, 0.05) is 32.5 Å². The summed E-state index contributed by atoms with van der Waals surface area (Å²) in [6.45, 7) is 1.54. The van der Waals surface area contributed by atoms with E-state index in [9.17, 15) is 14.0 Å². The van der Waals surface area contributed by atoms with Crippen LogP contribution in [0.1, 0.15) is 18.4 Å². The highest BCUT2D eigenvalue weighted by Gasteiger charge is 2.47. The number of rotatable bonds is 2.